The molecule has 1 unspecified atom stereocenters. The molecule has 0 bridgehead atoms. The summed E-state index contributed by atoms with van der Waals surface area (Å²) >= 11 is 11.8. The highest BCUT2D eigenvalue weighted by atomic mass is 35.5. The van der Waals surface area contributed by atoms with Gasteiger partial charge in [-0.05, 0) is 26.8 Å². The molecule has 0 aliphatic carbocycles. The van der Waals surface area contributed by atoms with Crippen LogP contribution in [0.4, 0.5) is 0 Å². The molecule has 0 spiro atoms. The van der Waals surface area contributed by atoms with Gasteiger partial charge in [-0.2, -0.15) is 0 Å². The zero-order chi connectivity index (χ0) is 13.2. The van der Waals surface area contributed by atoms with Gasteiger partial charge in [-0.1, -0.05) is 35.3 Å². The number of carbonyl (C=O) groups is 1. The van der Waals surface area contributed by atoms with E-state index in [1.165, 1.54) is 0 Å². The Labute approximate surface area is 111 Å². The smallest absolute Gasteiger partial charge is 0.328 e. The summed E-state index contributed by atoms with van der Waals surface area (Å²) in [5.41, 5.74) is 5.68. The minimum atomic E-state index is -0.930. The largest absolute Gasteiger partial charge is 0.459 e. The number of rotatable bonds is 2. The first-order chi connectivity index (χ1) is 7.72. The molecule has 1 aromatic rings. The van der Waals surface area contributed by atoms with Crippen LogP contribution < -0.4 is 5.73 Å². The van der Waals surface area contributed by atoms with Gasteiger partial charge in [-0.15, -0.1) is 0 Å². The first-order valence-electron chi connectivity index (χ1n) is 5.15. The third kappa shape index (κ3) is 3.87. The first kappa shape index (κ1) is 14.3. The lowest BCUT2D eigenvalue weighted by Gasteiger charge is -2.22. The Morgan fingerprint density at radius 3 is 2.47 bits per heavy atom. The predicted octanol–water partition coefficient (Wildman–Crippen LogP) is 3.33. The Bertz CT molecular complexity index is 427. The van der Waals surface area contributed by atoms with Gasteiger partial charge < -0.3 is 10.5 Å². The van der Waals surface area contributed by atoms with Gasteiger partial charge in [0.05, 0.1) is 10.0 Å². The van der Waals surface area contributed by atoms with Crippen molar-refractivity contribution in [2.45, 2.75) is 32.4 Å². The molecule has 2 N–H and O–H groups in total. The number of benzene rings is 1. The van der Waals surface area contributed by atoms with Gasteiger partial charge in [-0.3, -0.25) is 0 Å². The van der Waals surface area contributed by atoms with E-state index >= 15 is 0 Å². The van der Waals surface area contributed by atoms with E-state index in [9.17, 15) is 4.79 Å². The third-order valence-electron chi connectivity index (χ3n) is 1.98. The maximum atomic E-state index is 11.8. The summed E-state index contributed by atoms with van der Waals surface area (Å²) in [6, 6.07) is 4.05. The van der Waals surface area contributed by atoms with E-state index in [0.717, 1.165) is 0 Å². The lowest BCUT2D eigenvalue weighted by atomic mass is 10.1. The SMILES string of the molecule is CC(C)(C)OC(=O)C(N)c1cccc(Cl)c1Cl. The number of nitrogens with two attached hydrogens (primary N) is 1. The van der Waals surface area contributed by atoms with E-state index in [-0.39, 0.29) is 5.02 Å². The highest BCUT2D eigenvalue weighted by molar-refractivity contribution is 6.42. The monoisotopic (exact) mass is 275 g/mol. The summed E-state index contributed by atoms with van der Waals surface area (Å²) in [5, 5.41) is 0.649. The fourth-order valence-corrected chi connectivity index (χ4v) is 1.68. The Kier molecular flexibility index (Phi) is 4.42. The average molecular weight is 276 g/mol. The molecule has 94 valence electrons. The molecule has 0 fully saturated rings. The highest BCUT2D eigenvalue weighted by Crippen LogP contribution is 2.30. The van der Waals surface area contributed by atoms with E-state index in [1.807, 2.05) is 0 Å². The fourth-order valence-electron chi connectivity index (χ4n) is 1.25. The van der Waals surface area contributed by atoms with Gasteiger partial charge in [0.1, 0.15) is 11.6 Å². The van der Waals surface area contributed by atoms with Crippen LogP contribution in [0.5, 0.6) is 0 Å². The summed E-state index contributed by atoms with van der Waals surface area (Å²) in [6.07, 6.45) is 0. The van der Waals surface area contributed by atoms with Crippen LogP contribution in [0.25, 0.3) is 0 Å². The van der Waals surface area contributed by atoms with Crippen molar-refractivity contribution in [3.63, 3.8) is 0 Å². The predicted molar refractivity (Wildman–Crippen MR) is 69.2 cm³/mol. The zero-order valence-corrected chi connectivity index (χ0v) is 11.5. The van der Waals surface area contributed by atoms with Crippen LogP contribution in [-0.4, -0.2) is 11.6 Å². The second kappa shape index (κ2) is 5.25. The quantitative estimate of drug-likeness (QED) is 0.843. The van der Waals surface area contributed by atoms with E-state index in [1.54, 1.807) is 39.0 Å². The summed E-state index contributed by atoms with van der Waals surface area (Å²) in [4.78, 5) is 11.8. The first-order valence-corrected chi connectivity index (χ1v) is 5.90. The number of carbonyl (C=O) groups excluding carboxylic acids is 1. The normalized spacial score (nSPS) is 13.3. The number of halogens is 2. The van der Waals surface area contributed by atoms with Gasteiger partial charge in [0, 0.05) is 5.56 Å². The minimum absolute atomic E-state index is 0.285. The van der Waals surface area contributed by atoms with Crippen molar-refractivity contribution >= 4 is 29.2 Å². The van der Waals surface area contributed by atoms with Crippen LogP contribution in [0, 0.1) is 0 Å². The molecule has 5 heteroatoms. The average Bonchev–Trinajstić information content (AvgIpc) is 2.18. The molecule has 17 heavy (non-hydrogen) atoms. The summed E-state index contributed by atoms with van der Waals surface area (Å²) in [6.45, 7) is 5.32. The molecule has 0 saturated carbocycles. The van der Waals surface area contributed by atoms with Gasteiger partial charge in [0.25, 0.3) is 0 Å². The summed E-state index contributed by atoms with van der Waals surface area (Å²) < 4.78 is 5.18. The molecule has 0 radical (unpaired) electrons. The van der Waals surface area contributed by atoms with Crippen molar-refractivity contribution in [3.05, 3.63) is 33.8 Å². The highest BCUT2D eigenvalue weighted by Gasteiger charge is 2.25. The molecule has 0 aliphatic heterocycles. The van der Waals surface area contributed by atoms with Gasteiger partial charge in [-0.25, -0.2) is 4.79 Å². The standard InChI is InChI=1S/C12H15Cl2NO2/c1-12(2,3)17-11(16)10(15)7-5-4-6-8(13)9(7)14/h4-6,10H,15H2,1-3H3. The number of hydrogen-bond acceptors (Lipinski definition) is 3. The van der Waals surface area contributed by atoms with E-state index in [2.05, 4.69) is 0 Å². The van der Waals surface area contributed by atoms with Crippen LogP contribution in [0.2, 0.25) is 10.0 Å². The maximum absolute atomic E-state index is 11.8. The van der Waals surface area contributed by atoms with Crippen molar-refractivity contribution in [1.29, 1.82) is 0 Å². The molecule has 1 aromatic carbocycles. The molecular weight excluding hydrogens is 261 g/mol. The summed E-state index contributed by atoms with van der Waals surface area (Å²) in [7, 11) is 0. The molecule has 0 saturated heterocycles. The third-order valence-corrected chi connectivity index (χ3v) is 2.81. The van der Waals surface area contributed by atoms with Crippen LogP contribution in [0.1, 0.15) is 32.4 Å². The van der Waals surface area contributed by atoms with Crippen molar-refractivity contribution < 1.29 is 9.53 Å². The minimum Gasteiger partial charge on any atom is -0.459 e. The molecule has 1 rings (SSSR count). The second-order valence-corrected chi connectivity index (χ2v) is 5.44. The Balaban J connectivity index is 2.93. The van der Waals surface area contributed by atoms with Gasteiger partial charge in [0.15, 0.2) is 0 Å². The molecule has 0 aliphatic rings. The van der Waals surface area contributed by atoms with Gasteiger partial charge in [0.2, 0.25) is 0 Å². The van der Waals surface area contributed by atoms with Crippen molar-refractivity contribution in [3.8, 4) is 0 Å². The molecule has 1 atom stereocenters. The van der Waals surface area contributed by atoms with E-state index in [4.69, 9.17) is 33.7 Å². The molecule has 3 nitrogen and oxygen atoms in total. The second-order valence-electron chi connectivity index (χ2n) is 4.65. The van der Waals surface area contributed by atoms with Crippen LogP contribution in [0.3, 0.4) is 0 Å². The van der Waals surface area contributed by atoms with Crippen molar-refractivity contribution in [1.82, 2.24) is 0 Å². The van der Waals surface area contributed by atoms with Crippen LogP contribution in [0.15, 0.2) is 18.2 Å². The van der Waals surface area contributed by atoms with Crippen molar-refractivity contribution in [2.75, 3.05) is 0 Å². The lowest BCUT2D eigenvalue weighted by Crippen LogP contribution is -2.31. The zero-order valence-electron chi connectivity index (χ0n) is 9.96. The maximum Gasteiger partial charge on any atom is 0.328 e. The number of hydrogen-bond donors (Lipinski definition) is 1. The van der Waals surface area contributed by atoms with Gasteiger partial charge >= 0.3 is 5.97 Å². The molecular formula is C12H15Cl2NO2. The lowest BCUT2D eigenvalue weighted by molar-refractivity contribution is -0.156. The van der Waals surface area contributed by atoms with Crippen LogP contribution in [-0.2, 0) is 9.53 Å². The van der Waals surface area contributed by atoms with Crippen LogP contribution >= 0.6 is 23.2 Å². The van der Waals surface area contributed by atoms with Crippen molar-refractivity contribution in [2.24, 2.45) is 5.73 Å². The fraction of sp³-hybridized carbons (Fsp3) is 0.417. The molecule has 0 amide bonds. The molecule has 0 aromatic heterocycles. The number of esters is 1. The number of ether oxygens (including phenoxy) is 1. The Morgan fingerprint density at radius 2 is 1.94 bits per heavy atom. The molecule has 0 heterocycles. The Hall–Kier alpha value is -0.770. The Morgan fingerprint density at radius 1 is 1.35 bits per heavy atom. The van der Waals surface area contributed by atoms with E-state index in [0.29, 0.717) is 10.6 Å². The topological polar surface area (TPSA) is 52.3 Å². The van der Waals surface area contributed by atoms with E-state index < -0.39 is 17.6 Å². The summed E-state index contributed by atoms with van der Waals surface area (Å²) in [5.74, 6) is -0.526.